The molecular weight excluding hydrogens is 236 g/mol. The van der Waals surface area contributed by atoms with Crippen molar-refractivity contribution in [2.24, 2.45) is 0 Å². The SMILES string of the molecule is Cc1ccc(S(=O)(=O)C(C#N)=CN(C)C)cc1. The number of nitrogens with zero attached hydrogens (tertiary/aromatic N) is 2. The molecule has 0 aliphatic rings. The molecule has 0 amide bonds. The first kappa shape index (κ1) is 13.3. The maximum Gasteiger partial charge on any atom is 0.218 e. The van der Waals surface area contributed by atoms with E-state index in [4.69, 9.17) is 5.26 Å². The highest BCUT2D eigenvalue weighted by atomic mass is 32.2. The summed E-state index contributed by atoms with van der Waals surface area (Å²) in [4.78, 5) is 1.41. The molecule has 0 saturated heterocycles. The van der Waals surface area contributed by atoms with Gasteiger partial charge in [0.15, 0.2) is 4.91 Å². The Hall–Kier alpha value is -1.80. The maximum atomic E-state index is 12.1. The zero-order chi connectivity index (χ0) is 13.1. The highest BCUT2D eigenvalue weighted by Gasteiger charge is 2.20. The molecule has 1 aromatic rings. The molecule has 1 rings (SSSR count). The van der Waals surface area contributed by atoms with Gasteiger partial charge < -0.3 is 4.90 Å². The number of benzene rings is 1. The van der Waals surface area contributed by atoms with Gasteiger partial charge in [-0.1, -0.05) is 17.7 Å². The second-order valence-corrected chi connectivity index (χ2v) is 5.80. The molecule has 0 heterocycles. The third kappa shape index (κ3) is 3.08. The molecule has 0 aliphatic heterocycles. The molecule has 0 spiro atoms. The van der Waals surface area contributed by atoms with Gasteiger partial charge in [0.05, 0.1) is 4.90 Å². The summed E-state index contributed by atoms with van der Waals surface area (Å²) >= 11 is 0. The average molecular weight is 250 g/mol. The Morgan fingerprint density at radius 3 is 2.24 bits per heavy atom. The lowest BCUT2D eigenvalue weighted by Gasteiger charge is -2.07. The Bertz CT molecular complexity index is 564. The smallest absolute Gasteiger partial charge is 0.218 e. The number of rotatable bonds is 3. The average Bonchev–Trinajstić information content (AvgIpc) is 2.26. The standard InChI is InChI=1S/C12H14N2O2S/c1-10-4-6-11(7-5-10)17(15,16)12(8-13)9-14(2)3/h4-7,9H,1-3H3. The Balaban J connectivity index is 3.29. The molecule has 17 heavy (non-hydrogen) atoms. The van der Waals surface area contributed by atoms with E-state index in [0.29, 0.717) is 0 Å². The molecule has 0 N–H and O–H groups in total. The van der Waals surface area contributed by atoms with Crippen LogP contribution in [0, 0.1) is 18.3 Å². The predicted molar refractivity (Wildman–Crippen MR) is 65.7 cm³/mol. The van der Waals surface area contributed by atoms with Crippen molar-refractivity contribution >= 4 is 9.84 Å². The molecule has 5 heteroatoms. The number of aryl methyl sites for hydroxylation is 1. The second-order valence-electron chi connectivity index (χ2n) is 3.89. The molecule has 0 unspecified atom stereocenters. The molecule has 0 aliphatic carbocycles. The van der Waals surface area contributed by atoms with Crippen LogP contribution in [0.2, 0.25) is 0 Å². The number of hydrogen-bond acceptors (Lipinski definition) is 4. The first-order chi connectivity index (χ1) is 7.87. The molecule has 0 saturated carbocycles. The van der Waals surface area contributed by atoms with Crippen LogP contribution in [0.15, 0.2) is 40.3 Å². The van der Waals surface area contributed by atoms with E-state index in [2.05, 4.69) is 0 Å². The van der Waals surface area contributed by atoms with Gasteiger partial charge in [-0.25, -0.2) is 8.42 Å². The fraction of sp³-hybridized carbons (Fsp3) is 0.250. The number of allylic oxidation sites excluding steroid dienone is 1. The van der Waals surface area contributed by atoms with Crippen LogP contribution in [0.4, 0.5) is 0 Å². The van der Waals surface area contributed by atoms with Gasteiger partial charge in [0.2, 0.25) is 9.84 Å². The Morgan fingerprint density at radius 2 is 1.82 bits per heavy atom. The van der Waals surface area contributed by atoms with Crippen molar-refractivity contribution in [3.8, 4) is 6.07 Å². The quantitative estimate of drug-likeness (QED) is 0.766. The first-order valence-corrected chi connectivity index (χ1v) is 6.46. The van der Waals surface area contributed by atoms with E-state index in [1.54, 1.807) is 32.3 Å². The van der Waals surface area contributed by atoms with Crippen LogP contribution in [0.5, 0.6) is 0 Å². The van der Waals surface area contributed by atoms with Crippen molar-refractivity contribution in [2.75, 3.05) is 14.1 Å². The van der Waals surface area contributed by atoms with E-state index < -0.39 is 9.84 Å². The summed E-state index contributed by atoms with van der Waals surface area (Å²) in [7, 11) is -0.367. The van der Waals surface area contributed by atoms with E-state index in [-0.39, 0.29) is 9.80 Å². The molecule has 0 aromatic heterocycles. The molecule has 1 aromatic carbocycles. The van der Waals surface area contributed by atoms with Crippen LogP contribution in [0.25, 0.3) is 0 Å². The third-order valence-corrected chi connectivity index (χ3v) is 3.77. The summed E-state index contributed by atoms with van der Waals surface area (Å²) in [6, 6.07) is 8.14. The van der Waals surface area contributed by atoms with E-state index >= 15 is 0 Å². The Morgan fingerprint density at radius 1 is 1.29 bits per heavy atom. The minimum absolute atomic E-state index is 0.137. The van der Waals surface area contributed by atoms with Crippen LogP contribution in [0.1, 0.15) is 5.56 Å². The molecule has 0 radical (unpaired) electrons. The molecule has 90 valence electrons. The van der Waals surface area contributed by atoms with Crippen LogP contribution >= 0.6 is 0 Å². The van der Waals surface area contributed by atoms with Crippen LogP contribution < -0.4 is 0 Å². The summed E-state index contributed by atoms with van der Waals surface area (Å²) in [5.41, 5.74) is 0.971. The highest BCUT2D eigenvalue weighted by molar-refractivity contribution is 7.95. The molecular formula is C12H14N2O2S. The second kappa shape index (κ2) is 5.02. The van der Waals surface area contributed by atoms with Crippen molar-refractivity contribution in [2.45, 2.75) is 11.8 Å². The van der Waals surface area contributed by atoms with Gasteiger partial charge in [-0.3, -0.25) is 0 Å². The van der Waals surface area contributed by atoms with E-state index in [0.717, 1.165) is 5.56 Å². The van der Waals surface area contributed by atoms with Crippen molar-refractivity contribution in [1.29, 1.82) is 5.26 Å². The monoisotopic (exact) mass is 250 g/mol. The maximum absolute atomic E-state index is 12.1. The lowest BCUT2D eigenvalue weighted by Crippen LogP contribution is -2.09. The minimum Gasteiger partial charge on any atom is -0.382 e. The zero-order valence-corrected chi connectivity index (χ0v) is 10.8. The lowest BCUT2D eigenvalue weighted by molar-refractivity contribution is 0.559. The van der Waals surface area contributed by atoms with Gasteiger partial charge >= 0.3 is 0 Å². The van der Waals surface area contributed by atoms with Crippen molar-refractivity contribution in [3.05, 3.63) is 40.9 Å². The van der Waals surface area contributed by atoms with E-state index in [1.807, 2.05) is 6.92 Å². The summed E-state index contributed by atoms with van der Waals surface area (Å²) in [6.07, 6.45) is 1.30. The summed E-state index contributed by atoms with van der Waals surface area (Å²) in [5, 5.41) is 8.90. The van der Waals surface area contributed by atoms with Crippen molar-refractivity contribution in [3.63, 3.8) is 0 Å². The Labute approximate surface area is 102 Å². The van der Waals surface area contributed by atoms with Crippen LogP contribution in [-0.4, -0.2) is 27.4 Å². The first-order valence-electron chi connectivity index (χ1n) is 4.98. The minimum atomic E-state index is -3.70. The van der Waals surface area contributed by atoms with Gasteiger partial charge in [-0.15, -0.1) is 0 Å². The molecule has 4 nitrogen and oxygen atoms in total. The number of nitriles is 1. The predicted octanol–water partition coefficient (Wildman–Crippen LogP) is 1.70. The topological polar surface area (TPSA) is 61.2 Å². The summed E-state index contributed by atoms with van der Waals surface area (Å²) in [6.45, 7) is 1.87. The van der Waals surface area contributed by atoms with Gasteiger partial charge in [-0.05, 0) is 19.1 Å². The largest absolute Gasteiger partial charge is 0.382 e. The molecule has 0 bridgehead atoms. The fourth-order valence-corrected chi connectivity index (χ4v) is 2.46. The highest BCUT2D eigenvalue weighted by Crippen LogP contribution is 2.19. The van der Waals surface area contributed by atoms with Gasteiger partial charge in [0.25, 0.3) is 0 Å². The zero-order valence-electron chi connectivity index (χ0n) is 10.0. The van der Waals surface area contributed by atoms with Crippen LogP contribution in [0.3, 0.4) is 0 Å². The summed E-state index contributed by atoms with van der Waals surface area (Å²) in [5.74, 6) is 0. The number of hydrogen-bond donors (Lipinski definition) is 0. The molecule has 0 atom stereocenters. The molecule has 0 fully saturated rings. The van der Waals surface area contributed by atoms with E-state index in [9.17, 15) is 8.42 Å². The lowest BCUT2D eigenvalue weighted by atomic mass is 10.2. The number of sulfone groups is 1. The van der Waals surface area contributed by atoms with Crippen molar-refractivity contribution in [1.82, 2.24) is 4.90 Å². The normalized spacial score (nSPS) is 12.0. The van der Waals surface area contributed by atoms with Gasteiger partial charge in [0.1, 0.15) is 6.07 Å². The van der Waals surface area contributed by atoms with Gasteiger partial charge in [-0.2, -0.15) is 5.26 Å². The third-order valence-electron chi connectivity index (χ3n) is 2.11. The van der Waals surface area contributed by atoms with E-state index in [1.165, 1.54) is 23.2 Å². The van der Waals surface area contributed by atoms with Gasteiger partial charge in [0, 0.05) is 20.3 Å². The van der Waals surface area contributed by atoms with Crippen LogP contribution in [-0.2, 0) is 9.84 Å². The van der Waals surface area contributed by atoms with Crippen molar-refractivity contribution < 1.29 is 8.42 Å². The fourth-order valence-electron chi connectivity index (χ4n) is 1.24. The summed E-state index contributed by atoms with van der Waals surface area (Å²) < 4.78 is 24.2. The Kier molecular flexibility index (Phi) is 3.92.